The van der Waals surface area contributed by atoms with Gasteiger partial charge in [0.2, 0.25) is 0 Å². The van der Waals surface area contributed by atoms with Gasteiger partial charge in [-0.1, -0.05) is 117 Å². The molecule has 0 aromatic heterocycles. The molecule has 170 valence electrons. The fourth-order valence-electron chi connectivity index (χ4n) is 4.74. The number of benzene rings is 3. The molecule has 1 aliphatic rings. The van der Waals surface area contributed by atoms with Crippen LogP contribution < -0.4 is 0 Å². The Kier molecular flexibility index (Phi) is 6.35. The Bertz CT molecular complexity index is 1200. The van der Waals surface area contributed by atoms with E-state index in [0.717, 1.165) is 12.0 Å². The number of allylic oxidation sites excluding steroid dienone is 1. The van der Waals surface area contributed by atoms with Gasteiger partial charge in [0.1, 0.15) is 0 Å². The van der Waals surface area contributed by atoms with Gasteiger partial charge in [0.15, 0.2) is 0 Å². The van der Waals surface area contributed by atoms with Gasteiger partial charge < -0.3 is 5.11 Å². The third-order valence-electron chi connectivity index (χ3n) is 6.81. The number of hydrogen-bond donors (Lipinski definition) is 1. The van der Waals surface area contributed by atoms with E-state index in [9.17, 15) is 5.11 Å². The molecule has 0 spiro atoms. The minimum Gasteiger partial charge on any atom is -0.392 e. The van der Waals surface area contributed by atoms with Crippen molar-refractivity contribution in [2.24, 2.45) is 0 Å². The molecule has 0 unspecified atom stereocenters. The predicted octanol–water partition coefficient (Wildman–Crippen LogP) is 8.02. The summed E-state index contributed by atoms with van der Waals surface area (Å²) in [5, 5.41) is 10.9. The SMILES string of the molecule is Cc1ccc(C2=CCC(C)(C)c3ccc(/C=C(/c4ccc(CO)cc4)[Si](C)(C)C)cc32)cc1. The second kappa shape index (κ2) is 8.93. The van der Waals surface area contributed by atoms with Gasteiger partial charge in [-0.25, -0.2) is 0 Å². The molecular formula is C31H36OSi. The van der Waals surface area contributed by atoms with E-state index >= 15 is 0 Å². The molecule has 0 saturated heterocycles. The summed E-state index contributed by atoms with van der Waals surface area (Å²) < 4.78 is 0. The Balaban J connectivity index is 1.83. The van der Waals surface area contributed by atoms with Crippen molar-refractivity contribution in [3.05, 3.63) is 112 Å². The van der Waals surface area contributed by atoms with Crippen LogP contribution in [-0.2, 0) is 12.0 Å². The minimum absolute atomic E-state index is 0.0843. The molecular weight excluding hydrogens is 416 g/mol. The number of aliphatic hydroxyl groups is 1. The first-order valence-corrected chi connectivity index (χ1v) is 15.4. The summed E-state index contributed by atoms with van der Waals surface area (Å²) in [6.07, 6.45) is 5.87. The highest BCUT2D eigenvalue weighted by Crippen LogP contribution is 2.42. The van der Waals surface area contributed by atoms with E-state index in [1.807, 2.05) is 12.1 Å². The zero-order valence-electron chi connectivity index (χ0n) is 20.9. The van der Waals surface area contributed by atoms with Crippen molar-refractivity contribution in [1.82, 2.24) is 0 Å². The Labute approximate surface area is 200 Å². The molecule has 0 saturated carbocycles. The fourth-order valence-corrected chi connectivity index (χ4v) is 6.37. The first kappa shape index (κ1) is 23.5. The number of rotatable bonds is 5. The van der Waals surface area contributed by atoms with Crippen LogP contribution in [-0.4, -0.2) is 13.2 Å². The second-order valence-electron chi connectivity index (χ2n) is 11.0. The Morgan fingerprint density at radius 3 is 2.21 bits per heavy atom. The van der Waals surface area contributed by atoms with Crippen LogP contribution in [0.15, 0.2) is 72.8 Å². The van der Waals surface area contributed by atoms with Crippen molar-refractivity contribution in [3.63, 3.8) is 0 Å². The molecule has 0 amide bonds. The van der Waals surface area contributed by atoms with Gasteiger partial charge >= 0.3 is 0 Å². The summed E-state index contributed by atoms with van der Waals surface area (Å²) >= 11 is 0. The van der Waals surface area contributed by atoms with E-state index in [2.05, 4.69) is 107 Å². The zero-order chi connectivity index (χ0) is 23.8. The van der Waals surface area contributed by atoms with E-state index in [1.165, 1.54) is 44.2 Å². The van der Waals surface area contributed by atoms with Gasteiger partial charge in [0, 0.05) is 0 Å². The Morgan fingerprint density at radius 2 is 1.61 bits per heavy atom. The van der Waals surface area contributed by atoms with Gasteiger partial charge in [-0.2, -0.15) is 0 Å². The van der Waals surface area contributed by atoms with Crippen LogP contribution in [0.1, 0.15) is 59.2 Å². The molecule has 0 fully saturated rings. The summed E-state index contributed by atoms with van der Waals surface area (Å²) in [7, 11) is -1.60. The quantitative estimate of drug-likeness (QED) is 0.307. The van der Waals surface area contributed by atoms with E-state index < -0.39 is 8.07 Å². The molecule has 2 heteroatoms. The van der Waals surface area contributed by atoms with E-state index in [1.54, 1.807) is 0 Å². The zero-order valence-corrected chi connectivity index (χ0v) is 21.9. The van der Waals surface area contributed by atoms with Gasteiger partial charge in [0.25, 0.3) is 0 Å². The van der Waals surface area contributed by atoms with Gasteiger partial charge in [0.05, 0.1) is 14.7 Å². The van der Waals surface area contributed by atoms with Gasteiger partial charge in [-0.3, -0.25) is 0 Å². The summed E-state index contributed by atoms with van der Waals surface area (Å²) in [4.78, 5) is 0. The molecule has 3 aromatic carbocycles. The van der Waals surface area contributed by atoms with Crippen molar-refractivity contribution in [2.75, 3.05) is 0 Å². The number of aliphatic hydroxyl groups excluding tert-OH is 1. The van der Waals surface area contributed by atoms with Crippen LogP contribution in [0.5, 0.6) is 0 Å². The van der Waals surface area contributed by atoms with Crippen molar-refractivity contribution in [3.8, 4) is 0 Å². The van der Waals surface area contributed by atoms with Crippen LogP contribution in [0.4, 0.5) is 0 Å². The lowest BCUT2D eigenvalue weighted by Crippen LogP contribution is -2.23. The molecule has 1 N–H and O–H groups in total. The number of aryl methyl sites for hydroxylation is 1. The predicted molar refractivity (Wildman–Crippen MR) is 146 cm³/mol. The highest BCUT2D eigenvalue weighted by molar-refractivity contribution is 6.94. The van der Waals surface area contributed by atoms with Crippen LogP contribution in [0, 0.1) is 6.92 Å². The second-order valence-corrected chi connectivity index (χ2v) is 16.1. The Morgan fingerprint density at radius 1 is 0.939 bits per heavy atom. The number of hydrogen-bond acceptors (Lipinski definition) is 1. The molecule has 4 rings (SSSR count). The molecule has 3 aromatic rings. The van der Waals surface area contributed by atoms with Crippen molar-refractivity contribution in [2.45, 2.75) is 58.9 Å². The first-order valence-electron chi connectivity index (χ1n) is 11.9. The molecule has 0 aliphatic heterocycles. The maximum atomic E-state index is 9.44. The summed E-state index contributed by atoms with van der Waals surface area (Å²) in [6, 6.07) is 24.4. The topological polar surface area (TPSA) is 20.2 Å². The van der Waals surface area contributed by atoms with Crippen LogP contribution >= 0.6 is 0 Å². The van der Waals surface area contributed by atoms with Crippen molar-refractivity contribution in [1.29, 1.82) is 0 Å². The summed E-state index contributed by atoms with van der Waals surface area (Å²) in [5.41, 5.74) is 10.3. The van der Waals surface area contributed by atoms with Crippen molar-refractivity contribution < 1.29 is 5.11 Å². The van der Waals surface area contributed by atoms with Crippen molar-refractivity contribution >= 4 is 24.9 Å². The van der Waals surface area contributed by atoms with Crippen LogP contribution in [0.3, 0.4) is 0 Å². The lowest BCUT2D eigenvalue weighted by molar-refractivity contribution is 0.282. The Hall–Kier alpha value is -2.68. The largest absolute Gasteiger partial charge is 0.392 e. The molecule has 0 radical (unpaired) electrons. The maximum absolute atomic E-state index is 9.44. The third-order valence-corrected chi connectivity index (χ3v) is 8.86. The lowest BCUT2D eigenvalue weighted by Gasteiger charge is -2.33. The first-order chi connectivity index (χ1) is 15.6. The molecule has 0 atom stereocenters. The van der Waals surface area contributed by atoms with Gasteiger partial charge in [-0.05, 0) is 63.8 Å². The smallest absolute Gasteiger partial charge is 0.0784 e. The third kappa shape index (κ3) is 4.97. The number of fused-ring (bicyclic) bond motifs is 1. The van der Waals surface area contributed by atoms with E-state index in [0.29, 0.717) is 0 Å². The molecule has 1 aliphatic carbocycles. The highest BCUT2D eigenvalue weighted by Gasteiger charge is 2.29. The van der Waals surface area contributed by atoms with E-state index in [-0.39, 0.29) is 12.0 Å². The fraction of sp³-hybridized carbons (Fsp3) is 0.290. The minimum atomic E-state index is -1.60. The molecule has 33 heavy (non-hydrogen) atoms. The van der Waals surface area contributed by atoms with Crippen LogP contribution in [0.25, 0.3) is 16.8 Å². The normalized spacial score (nSPS) is 15.7. The van der Waals surface area contributed by atoms with E-state index in [4.69, 9.17) is 0 Å². The van der Waals surface area contributed by atoms with Crippen LogP contribution in [0.2, 0.25) is 19.6 Å². The summed E-state index contributed by atoms with van der Waals surface area (Å²) in [6.45, 7) is 14.1. The molecule has 0 bridgehead atoms. The standard InChI is InChI=1S/C31H36OSi/c1-22-7-12-25(13-8-22)27-17-18-31(2,3)29-16-11-24(19-28(27)29)20-30(33(4,5)6)26-14-9-23(21-32)10-15-26/h7-17,19-20,32H,18,21H2,1-6H3/b30-20-. The molecule has 0 heterocycles. The van der Waals surface area contributed by atoms with Gasteiger partial charge in [-0.15, -0.1) is 0 Å². The lowest BCUT2D eigenvalue weighted by atomic mass is 9.72. The maximum Gasteiger partial charge on any atom is 0.0784 e. The summed E-state index contributed by atoms with van der Waals surface area (Å²) in [5.74, 6) is 0. The highest BCUT2D eigenvalue weighted by atomic mass is 28.3. The average Bonchev–Trinajstić information content (AvgIpc) is 2.78. The molecule has 1 nitrogen and oxygen atoms in total. The average molecular weight is 453 g/mol. The monoisotopic (exact) mass is 452 g/mol.